The zero-order valence-electron chi connectivity index (χ0n) is 19.3. The van der Waals surface area contributed by atoms with Crippen molar-refractivity contribution in [1.29, 1.82) is 0 Å². The second-order valence-corrected chi connectivity index (χ2v) is 10.7. The maximum atomic E-state index is 12.9. The number of carbonyl (C=O) groups excluding carboxylic acids is 2. The summed E-state index contributed by atoms with van der Waals surface area (Å²) in [5.41, 5.74) is 1.66. The molecule has 0 saturated heterocycles. The molecule has 0 fully saturated rings. The predicted molar refractivity (Wildman–Crippen MR) is 131 cm³/mol. The van der Waals surface area contributed by atoms with Crippen molar-refractivity contribution in [1.82, 2.24) is 10.6 Å². The van der Waals surface area contributed by atoms with E-state index in [1.54, 1.807) is 12.1 Å². The summed E-state index contributed by atoms with van der Waals surface area (Å²) in [5, 5.41) is 7.97. The van der Waals surface area contributed by atoms with Crippen LogP contribution in [0, 0.1) is 5.92 Å². The molecule has 0 aromatic heterocycles. The van der Waals surface area contributed by atoms with Gasteiger partial charge in [-0.3, -0.25) is 9.59 Å². The van der Waals surface area contributed by atoms with Crippen molar-refractivity contribution >= 4 is 32.4 Å². The summed E-state index contributed by atoms with van der Waals surface area (Å²) < 4.78 is 23.3. The summed E-state index contributed by atoms with van der Waals surface area (Å²) >= 11 is 0. The monoisotopic (exact) mass is 466 g/mol. The Morgan fingerprint density at radius 2 is 1.48 bits per heavy atom. The van der Waals surface area contributed by atoms with Crippen molar-refractivity contribution < 1.29 is 18.0 Å². The molecule has 3 aromatic rings. The first kappa shape index (κ1) is 24.5. The second-order valence-electron chi connectivity index (χ2n) is 8.72. The van der Waals surface area contributed by atoms with E-state index in [0.29, 0.717) is 0 Å². The third kappa shape index (κ3) is 6.42. The summed E-state index contributed by atoms with van der Waals surface area (Å²) in [7, 11) is -3.28. The number of nitrogens with one attached hydrogen (secondary N) is 2. The molecular weight excluding hydrogens is 436 g/mol. The molecule has 2 amide bonds. The van der Waals surface area contributed by atoms with E-state index in [2.05, 4.69) is 10.6 Å². The van der Waals surface area contributed by atoms with E-state index in [-0.39, 0.29) is 35.1 Å². The van der Waals surface area contributed by atoms with Crippen LogP contribution in [0.25, 0.3) is 10.8 Å². The molecule has 0 aliphatic heterocycles. The third-order valence-electron chi connectivity index (χ3n) is 5.61. The van der Waals surface area contributed by atoms with E-state index in [4.69, 9.17) is 0 Å². The van der Waals surface area contributed by atoms with Gasteiger partial charge in [-0.25, -0.2) is 8.42 Å². The summed E-state index contributed by atoms with van der Waals surface area (Å²) in [4.78, 5) is 25.9. The number of benzene rings is 3. The van der Waals surface area contributed by atoms with Gasteiger partial charge in [0.05, 0.1) is 17.4 Å². The molecule has 3 aromatic carbocycles. The number of hydrogen-bond acceptors (Lipinski definition) is 4. The zero-order valence-corrected chi connectivity index (χ0v) is 20.1. The molecule has 0 saturated carbocycles. The molecular formula is C26H30N2O4S. The van der Waals surface area contributed by atoms with Crippen LogP contribution in [0.15, 0.2) is 71.6 Å². The van der Waals surface area contributed by atoms with E-state index >= 15 is 0 Å². The maximum absolute atomic E-state index is 12.9. The van der Waals surface area contributed by atoms with Gasteiger partial charge >= 0.3 is 0 Å². The molecule has 33 heavy (non-hydrogen) atoms. The van der Waals surface area contributed by atoms with Crippen LogP contribution in [0.3, 0.4) is 0 Å². The molecule has 0 bridgehead atoms. The van der Waals surface area contributed by atoms with Gasteiger partial charge in [0.15, 0.2) is 9.84 Å². The first-order chi connectivity index (χ1) is 15.5. The molecule has 2 unspecified atom stereocenters. The fourth-order valence-electron chi connectivity index (χ4n) is 3.68. The predicted octanol–water partition coefficient (Wildman–Crippen LogP) is 3.80. The largest absolute Gasteiger partial charge is 0.348 e. The van der Waals surface area contributed by atoms with Crippen LogP contribution < -0.4 is 10.6 Å². The minimum Gasteiger partial charge on any atom is -0.348 e. The molecule has 174 valence electrons. The van der Waals surface area contributed by atoms with Crippen LogP contribution in [0.2, 0.25) is 0 Å². The normalized spacial score (nSPS) is 13.5. The molecule has 0 spiro atoms. The molecule has 2 atom stereocenters. The molecule has 7 heteroatoms. The van der Waals surface area contributed by atoms with E-state index in [1.807, 2.05) is 63.2 Å². The standard InChI is InChI=1S/C26H30N2O4S/c1-17(2)25(26(30)27-18(3)20-11-13-23(14-12-20)33(4,31)32)28-24(29)16-19-9-10-21-7-5-6-8-22(21)15-19/h5-15,17-18,25H,16H2,1-4H3,(H,27,30)(H,28,29). The van der Waals surface area contributed by atoms with Crippen molar-refractivity contribution in [2.75, 3.05) is 6.26 Å². The van der Waals surface area contributed by atoms with Gasteiger partial charge in [0.2, 0.25) is 11.8 Å². The van der Waals surface area contributed by atoms with Crippen molar-refractivity contribution in [2.24, 2.45) is 5.92 Å². The molecule has 2 N–H and O–H groups in total. The Labute approximate surface area is 195 Å². The van der Waals surface area contributed by atoms with Gasteiger partial charge in [-0.2, -0.15) is 0 Å². The number of hydrogen-bond donors (Lipinski definition) is 2. The van der Waals surface area contributed by atoms with Crippen LogP contribution in [0.1, 0.15) is 37.9 Å². The Morgan fingerprint density at radius 1 is 0.848 bits per heavy atom. The highest BCUT2D eigenvalue weighted by molar-refractivity contribution is 7.90. The highest BCUT2D eigenvalue weighted by Crippen LogP contribution is 2.18. The average molecular weight is 467 g/mol. The van der Waals surface area contributed by atoms with E-state index in [0.717, 1.165) is 28.2 Å². The SMILES string of the molecule is CC(NC(=O)C(NC(=O)Cc1ccc2ccccc2c1)C(C)C)c1ccc(S(C)(=O)=O)cc1. The number of fused-ring (bicyclic) bond motifs is 1. The van der Waals surface area contributed by atoms with Crippen LogP contribution in [0.4, 0.5) is 0 Å². The van der Waals surface area contributed by atoms with Gasteiger partial charge in [0.25, 0.3) is 0 Å². The molecule has 0 heterocycles. The quantitative estimate of drug-likeness (QED) is 0.528. The molecule has 0 radical (unpaired) electrons. The fraction of sp³-hybridized carbons (Fsp3) is 0.308. The van der Waals surface area contributed by atoms with Gasteiger partial charge in [-0.15, -0.1) is 0 Å². The van der Waals surface area contributed by atoms with Crippen LogP contribution in [0.5, 0.6) is 0 Å². The zero-order chi connectivity index (χ0) is 24.2. The number of carbonyl (C=O) groups is 2. The number of rotatable bonds is 8. The van der Waals surface area contributed by atoms with E-state index < -0.39 is 15.9 Å². The van der Waals surface area contributed by atoms with Gasteiger partial charge in [-0.1, -0.05) is 68.4 Å². The van der Waals surface area contributed by atoms with Crippen LogP contribution in [-0.4, -0.2) is 32.5 Å². The van der Waals surface area contributed by atoms with Gasteiger partial charge in [-0.05, 0) is 46.9 Å². The Balaban J connectivity index is 1.64. The van der Waals surface area contributed by atoms with Gasteiger partial charge in [0, 0.05) is 6.26 Å². The van der Waals surface area contributed by atoms with E-state index in [1.165, 1.54) is 12.1 Å². The molecule has 6 nitrogen and oxygen atoms in total. The molecule has 0 aliphatic carbocycles. The van der Waals surface area contributed by atoms with Crippen molar-refractivity contribution in [3.05, 3.63) is 77.9 Å². The Morgan fingerprint density at radius 3 is 2.09 bits per heavy atom. The van der Waals surface area contributed by atoms with E-state index in [9.17, 15) is 18.0 Å². The lowest BCUT2D eigenvalue weighted by Crippen LogP contribution is -2.50. The minimum atomic E-state index is -3.28. The van der Waals surface area contributed by atoms with Gasteiger partial charge < -0.3 is 10.6 Å². The maximum Gasteiger partial charge on any atom is 0.243 e. The van der Waals surface area contributed by atoms with Crippen LogP contribution in [-0.2, 0) is 25.8 Å². The Hall–Kier alpha value is -3.19. The fourth-order valence-corrected chi connectivity index (χ4v) is 4.31. The topological polar surface area (TPSA) is 92.3 Å². The minimum absolute atomic E-state index is 0.106. The summed E-state index contributed by atoms with van der Waals surface area (Å²) in [6, 6.07) is 19.3. The lowest BCUT2D eigenvalue weighted by molar-refractivity contribution is -0.130. The van der Waals surface area contributed by atoms with Crippen LogP contribution >= 0.6 is 0 Å². The summed E-state index contributed by atoms with van der Waals surface area (Å²) in [6.07, 6.45) is 1.34. The Kier molecular flexibility index (Phi) is 7.53. The first-order valence-corrected chi connectivity index (χ1v) is 12.8. The van der Waals surface area contributed by atoms with Crippen molar-refractivity contribution in [3.63, 3.8) is 0 Å². The second kappa shape index (κ2) is 10.2. The highest BCUT2D eigenvalue weighted by atomic mass is 32.2. The lowest BCUT2D eigenvalue weighted by atomic mass is 10.0. The molecule has 3 rings (SSSR count). The summed E-state index contributed by atoms with van der Waals surface area (Å²) in [5.74, 6) is -0.605. The van der Waals surface area contributed by atoms with Gasteiger partial charge in [0.1, 0.15) is 6.04 Å². The Bertz CT molecular complexity index is 1250. The smallest absolute Gasteiger partial charge is 0.243 e. The first-order valence-electron chi connectivity index (χ1n) is 10.9. The lowest BCUT2D eigenvalue weighted by Gasteiger charge is -2.24. The number of sulfone groups is 1. The highest BCUT2D eigenvalue weighted by Gasteiger charge is 2.25. The molecule has 0 aliphatic rings. The average Bonchev–Trinajstić information content (AvgIpc) is 2.76. The third-order valence-corrected chi connectivity index (χ3v) is 6.74. The summed E-state index contributed by atoms with van der Waals surface area (Å²) in [6.45, 7) is 5.58. The number of amides is 2. The van der Waals surface area contributed by atoms with Crippen molar-refractivity contribution in [2.45, 2.75) is 44.2 Å². The van der Waals surface area contributed by atoms with Crippen molar-refractivity contribution in [3.8, 4) is 0 Å².